The molecule has 3 aromatic heterocycles. The zero-order valence-electron chi connectivity index (χ0n) is 16.2. The van der Waals surface area contributed by atoms with Crippen LogP contribution in [0.15, 0.2) is 60.8 Å². The summed E-state index contributed by atoms with van der Waals surface area (Å²) in [6, 6.07) is 16.1. The van der Waals surface area contributed by atoms with Gasteiger partial charge in [-0.2, -0.15) is 5.10 Å². The van der Waals surface area contributed by atoms with E-state index < -0.39 is 12.3 Å². The van der Waals surface area contributed by atoms with Crippen LogP contribution in [-0.2, 0) is 0 Å². The molecule has 2 aromatic carbocycles. The molecule has 5 aromatic rings. The lowest BCUT2D eigenvalue weighted by molar-refractivity contribution is 0.102. The van der Waals surface area contributed by atoms with E-state index in [1.54, 1.807) is 24.3 Å². The quantitative estimate of drug-likeness (QED) is 0.404. The molecule has 5 rings (SSSR count). The fourth-order valence-corrected chi connectivity index (χ4v) is 4.27. The fraction of sp³-hybridized carbons (Fsp3) is 0.0909. The minimum absolute atomic E-state index is 0.0612. The number of nitrogens with zero attached hydrogens (tertiary/aromatic N) is 4. The topological polar surface area (TPSA) is 72.2 Å². The third-order valence-corrected chi connectivity index (χ3v) is 5.74. The monoisotopic (exact) mass is 435 g/mol. The highest BCUT2D eigenvalue weighted by molar-refractivity contribution is 7.22. The molecule has 1 amide bonds. The summed E-state index contributed by atoms with van der Waals surface area (Å²) in [6.45, 7) is 1.98. The van der Waals surface area contributed by atoms with Crippen LogP contribution < -0.4 is 5.32 Å². The number of anilines is 1. The maximum absolute atomic E-state index is 13.7. The number of hydrogen-bond donors (Lipinski definition) is 1. The van der Waals surface area contributed by atoms with Gasteiger partial charge in [0.1, 0.15) is 11.3 Å². The second kappa shape index (κ2) is 7.51. The molecule has 0 spiro atoms. The van der Waals surface area contributed by atoms with Crippen molar-refractivity contribution in [2.75, 3.05) is 5.32 Å². The largest absolute Gasteiger partial charge is 0.298 e. The van der Waals surface area contributed by atoms with Gasteiger partial charge in [0.15, 0.2) is 10.8 Å². The van der Waals surface area contributed by atoms with Crippen molar-refractivity contribution in [3.63, 3.8) is 0 Å². The Bertz CT molecular complexity index is 1430. The lowest BCUT2D eigenvalue weighted by Crippen LogP contribution is -2.12. The summed E-state index contributed by atoms with van der Waals surface area (Å²) in [7, 11) is 0. The van der Waals surface area contributed by atoms with E-state index in [1.807, 2.05) is 31.2 Å². The van der Waals surface area contributed by atoms with Crippen molar-refractivity contribution in [1.29, 1.82) is 0 Å². The van der Waals surface area contributed by atoms with E-state index in [0.717, 1.165) is 20.3 Å². The molecule has 0 atom stereocenters. The number of rotatable bonds is 4. The molecule has 0 bridgehead atoms. The first-order chi connectivity index (χ1) is 15.0. The number of fused-ring (bicyclic) bond motifs is 2. The second-order valence-corrected chi connectivity index (χ2v) is 8.00. The summed E-state index contributed by atoms with van der Waals surface area (Å²) in [5, 5.41) is 7.14. The molecule has 0 aliphatic carbocycles. The van der Waals surface area contributed by atoms with E-state index in [-0.39, 0.29) is 16.9 Å². The van der Waals surface area contributed by atoms with Crippen LogP contribution in [0.25, 0.3) is 27.1 Å². The lowest BCUT2D eigenvalue weighted by Gasteiger charge is -2.08. The third-order valence-electron chi connectivity index (χ3n) is 4.80. The first kappa shape index (κ1) is 19.3. The number of aromatic nitrogens is 4. The van der Waals surface area contributed by atoms with Crippen molar-refractivity contribution in [3.8, 4) is 11.3 Å². The molecule has 1 N–H and O–H groups in total. The predicted octanol–water partition coefficient (Wildman–Crippen LogP) is 5.50. The van der Waals surface area contributed by atoms with Crippen molar-refractivity contribution in [2.45, 2.75) is 13.3 Å². The first-order valence-corrected chi connectivity index (χ1v) is 10.2. The number of nitrogens with one attached hydrogen (secondary N) is 1. The van der Waals surface area contributed by atoms with Gasteiger partial charge in [0.25, 0.3) is 12.3 Å². The fourth-order valence-electron chi connectivity index (χ4n) is 3.31. The number of thiazole rings is 1. The van der Waals surface area contributed by atoms with Gasteiger partial charge in [-0.05, 0) is 30.7 Å². The standard InChI is InChI=1S/C22H15F2N5OS/c1-12-7-8-15-18(9-12)31-22(27-15)28-21(30)14-11-25-29-17(19(23)24)10-16(26-20(14)29)13-5-3-2-4-6-13/h2-11,19H,1H3,(H,27,28,30). The zero-order chi connectivity index (χ0) is 21.5. The zero-order valence-corrected chi connectivity index (χ0v) is 17.0. The molecule has 6 nitrogen and oxygen atoms in total. The molecule has 0 saturated heterocycles. The number of hydrogen-bond acceptors (Lipinski definition) is 5. The van der Waals surface area contributed by atoms with Crippen LogP contribution in [0.1, 0.15) is 28.0 Å². The van der Waals surface area contributed by atoms with E-state index >= 15 is 0 Å². The molecule has 9 heteroatoms. The second-order valence-electron chi connectivity index (χ2n) is 6.97. The Kier molecular flexibility index (Phi) is 4.67. The molecular weight excluding hydrogens is 420 g/mol. The van der Waals surface area contributed by atoms with Crippen molar-refractivity contribution in [1.82, 2.24) is 19.6 Å². The van der Waals surface area contributed by atoms with E-state index in [4.69, 9.17) is 0 Å². The minimum atomic E-state index is -2.78. The Labute approximate surface area is 179 Å². The molecule has 31 heavy (non-hydrogen) atoms. The molecule has 0 saturated carbocycles. The van der Waals surface area contributed by atoms with Gasteiger partial charge in [0, 0.05) is 5.56 Å². The number of benzene rings is 2. The van der Waals surface area contributed by atoms with Crippen LogP contribution in [0.4, 0.5) is 13.9 Å². The number of carbonyl (C=O) groups excluding carboxylic acids is 1. The number of alkyl halides is 2. The number of halogens is 2. The van der Waals surface area contributed by atoms with Gasteiger partial charge < -0.3 is 0 Å². The van der Waals surface area contributed by atoms with Gasteiger partial charge >= 0.3 is 0 Å². The van der Waals surface area contributed by atoms with Gasteiger partial charge in [0.05, 0.1) is 22.1 Å². The van der Waals surface area contributed by atoms with Crippen molar-refractivity contribution in [2.24, 2.45) is 0 Å². The molecule has 154 valence electrons. The van der Waals surface area contributed by atoms with Crippen LogP contribution in [0.3, 0.4) is 0 Å². The predicted molar refractivity (Wildman–Crippen MR) is 116 cm³/mol. The van der Waals surface area contributed by atoms with Crippen molar-refractivity contribution in [3.05, 3.63) is 77.6 Å². The summed E-state index contributed by atoms with van der Waals surface area (Å²) in [4.78, 5) is 21.8. The normalized spacial score (nSPS) is 11.5. The minimum Gasteiger partial charge on any atom is -0.298 e. The molecule has 0 aliphatic heterocycles. The van der Waals surface area contributed by atoms with Gasteiger partial charge in [-0.25, -0.2) is 23.3 Å². The SMILES string of the molecule is Cc1ccc2nc(NC(=O)c3cnn4c(C(F)F)cc(-c5ccccc5)nc34)sc2c1. The van der Waals surface area contributed by atoms with Crippen LogP contribution in [0, 0.1) is 6.92 Å². The number of aryl methyl sites for hydroxylation is 1. The highest BCUT2D eigenvalue weighted by atomic mass is 32.1. The maximum Gasteiger partial charge on any atom is 0.280 e. The molecule has 0 aliphatic rings. The van der Waals surface area contributed by atoms with Crippen LogP contribution >= 0.6 is 11.3 Å². The smallest absolute Gasteiger partial charge is 0.280 e. The van der Waals surface area contributed by atoms with Gasteiger partial charge in [-0.1, -0.05) is 47.7 Å². The summed E-state index contributed by atoms with van der Waals surface area (Å²) in [6.07, 6.45) is -1.54. The van der Waals surface area contributed by atoms with Crippen molar-refractivity contribution < 1.29 is 13.6 Å². The molecule has 0 radical (unpaired) electrons. The Morgan fingerprint density at radius 1 is 1.10 bits per heavy atom. The van der Waals surface area contributed by atoms with Crippen LogP contribution in [0.2, 0.25) is 0 Å². The van der Waals surface area contributed by atoms with Crippen molar-refractivity contribution >= 4 is 38.2 Å². The number of amides is 1. The van der Waals surface area contributed by atoms with E-state index in [9.17, 15) is 13.6 Å². The Morgan fingerprint density at radius 3 is 2.68 bits per heavy atom. The summed E-state index contributed by atoms with van der Waals surface area (Å²) >= 11 is 1.34. The lowest BCUT2D eigenvalue weighted by atomic mass is 10.1. The average molecular weight is 435 g/mol. The van der Waals surface area contributed by atoms with Gasteiger partial charge in [-0.15, -0.1) is 0 Å². The number of carbonyl (C=O) groups is 1. The highest BCUT2D eigenvalue weighted by Gasteiger charge is 2.22. The Morgan fingerprint density at radius 2 is 1.90 bits per heavy atom. The van der Waals surface area contributed by atoms with Crippen LogP contribution in [-0.4, -0.2) is 25.5 Å². The Hall–Kier alpha value is -3.72. The highest BCUT2D eigenvalue weighted by Crippen LogP contribution is 2.29. The summed E-state index contributed by atoms with van der Waals surface area (Å²) in [5.74, 6) is -0.510. The summed E-state index contributed by atoms with van der Waals surface area (Å²) in [5.41, 5.74) is 2.69. The first-order valence-electron chi connectivity index (χ1n) is 9.40. The molecular formula is C22H15F2N5OS. The average Bonchev–Trinajstić information content (AvgIpc) is 3.36. The van der Waals surface area contributed by atoms with Gasteiger partial charge in [0.2, 0.25) is 0 Å². The van der Waals surface area contributed by atoms with E-state index in [0.29, 0.717) is 16.4 Å². The van der Waals surface area contributed by atoms with Crippen LogP contribution in [0.5, 0.6) is 0 Å². The Balaban J connectivity index is 1.57. The third kappa shape index (κ3) is 3.53. The maximum atomic E-state index is 13.7. The van der Waals surface area contributed by atoms with Gasteiger partial charge in [-0.3, -0.25) is 10.1 Å². The molecule has 0 fully saturated rings. The van der Waals surface area contributed by atoms with E-state index in [1.165, 1.54) is 23.6 Å². The molecule has 0 unspecified atom stereocenters. The van der Waals surface area contributed by atoms with E-state index in [2.05, 4.69) is 20.4 Å². The molecule has 3 heterocycles. The summed E-state index contributed by atoms with van der Waals surface area (Å²) < 4.78 is 29.4.